The predicted molar refractivity (Wildman–Crippen MR) is 63.0 cm³/mol. The molecule has 1 N–H and O–H groups in total. The molecule has 3 nitrogen and oxygen atoms in total. The molecule has 0 saturated carbocycles. The Balaban J connectivity index is 2.22. The molecule has 1 saturated heterocycles. The van der Waals surface area contributed by atoms with Gasteiger partial charge in [-0.15, -0.1) is 11.8 Å². The molecule has 2 rings (SSSR count). The Morgan fingerprint density at radius 1 is 1.44 bits per heavy atom. The van der Waals surface area contributed by atoms with Crippen molar-refractivity contribution in [3.8, 4) is 0 Å². The van der Waals surface area contributed by atoms with Crippen LogP contribution in [-0.2, 0) is 14.9 Å². The number of rotatable bonds is 4. The van der Waals surface area contributed by atoms with Crippen molar-refractivity contribution in [1.29, 1.82) is 0 Å². The molecular weight excluding hydrogens is 224 g/mol. The molecule has 0 radical (unpaired) electrons. The number of carbonyl (C=O) groups is 1. The first-order valence-corrected chi connectivity index (χ1v) is 6.33. The summed E-state index contributed by atoms with van der Waals surface area (Å²) in [6, 6.07) is 8.08. The monoisotopic (exact) mass is 238 g/mol. The van der Waals surface area contributed by atoms with E-state index in [0.717, 1.165) is 5.56 Å². The summed E-state index contributed by atoms with van der Waals surface area (Å²) in [5.41, 5.74) is 0.766. The van der Waals surface area contributed by atoms with Gasteiger partial charge in [-0.1, -0.05) is 12.1 Å². The van der Waals surface area contributed by atoms with E-state index in [4.69, 9.17) is 9.84 Å². The third-order valence-corrected chi connectivity index (χ3v) is 3.69. The normalized spacial score (nSPS) is 17.8. The van der Waals surface area contributed by atoms with Gasteiger partial charge in [0.05, 0.1) is 25.0 Å². The Kier molecular flexibility index (Phi) is 3.21. The predicted octanol–water partition coefficient (Wildman–Crippen LogP) is 2.15. The lowest BCUT2D eigenvalue weighted by atomic mass is 9.76. The van der Waals surface area contributed by atoms with Gasteiger partial charge in [-0.2, -0.15) is 0 Å². The second-order valence-electron chi connectivity index (χ2n) is 4.07. The summed E-state index contributed by atoms with van der Waals surface area (Å²) in [6.07, 6.45) is 2.17. The second kappa shape index (κ2) is 4.47. The molecule has 1 heterocycles. The van der Waals surface area contributed by atoms with E-state index in [0.29, 0.717) is 13.2 Å². The minimum atomic E-state index is -0.766. The zero-order chi connectivity index (χ0) is 11.6. The molecule has 1 fully saturated rings. The van der Waals surface area contributed by atoms with Crippen molar-refractivity contribution in [2.24, 2.45) is 0 Å². The van der Waals surface area contributed by atoms with E-state index < -0.39 is 5.97 Å². The fourth-order valence-electron chi connectivity index (χ4n) is 1.95. The number of carboxylic acid groups (broad SMARTS) is 1. The van der Waals surface area contributed by atoms with Gasteiger partial charge in [0.15, 0.2) is 0 Å². The van der Waals surface area contributed by atoms with Crippen LogP contribution >= 0.6 is 11.8 Å². The molecule has 4 heteroatoms. The molecule has 86 valence electrons. The molecule has 0 amide bonds. The largest absolute Gasteiger partial charge is 0.481 e. The smallest absolute Gasteiger partial charge is 0.304 e. The first kappa shape index (κ1) is 11.5. The molecule has 0 bridgehead atoms. The minimum absolute atomic E-state index is 0.144. The van der Waals surface area contributed by atoms with Crippen LogP contribution < -0.4 is 0 Å². The Morgan fingerprint density at radius 3 is 2.44 bits per heavy atom. The van der Waals surface area contributed by atoms with Crippen molar-refractivity contribution in [3.63, 3.8) is 0 Å². The van der Waals surface area contributed by atoms with E-state index in [9.17, 15) is 4.79 Å². The molecule has 1 aromatic rings. The summed E-state index contributed by atoms with van der Waals surface area (Å²) < 4.78 is 5.18. The highest BCUT2D eigenvalue weighted by molar-refractivity contribution is 7.98. The molecular formula is C12H14O3S. The van der Waals surface area contributed by atoms with E-state index in [-0.39, 0.29) is 11.8 Å². The van der Waals surface area contributed by atoms with Crippen LogP contribution in [0.4, 0.5) is 0 Å². The third-order valence-electron chi connectivity index (χ3n) is 2.95. The molecule has 1 aliphatic rings. The number of hydrogen-bond acceptors (Lipinski definition) is 3. The number of aliphatic carboxylic acids is 1. The van der Waals surface area contributed by atoms with Crippen molar-refractivity contribution >= 4 is 17.7 Å². The topological polar surface area (TPSA) is 46.5 Å². The first-order chi connectivity index (χ1) is 7.66. The van der Waals surface area contributed by atoms with Gasteiger partial charge in [-0.05, 0) is 24.0 Å². The lowest BCUT2D eigenvalue weighted by Crippen LogP contribution is -2.48. The highest BCUT2D eigenvalue weighted by Gasteiger charge is 2.42. The minimum Gasteiger partial charge on any atom is -0.481 e. The van der Waals surface area contributed by atoms with Crippen LogP contribution in [0, 0.1) is 0 Å². The standard InChI is InChI=1S/C12H14O3S/c1-16-10-4-2-9(3-5-10)12(6-11(13)14)7-15-8-12/h2-5H,6-8H2,1H3,(H,13,14). The first-order valence-electron chi connectivity index (χ1n) is 5.10. The quantitative estimate of drug-likeness (QED) is 0.816. The van der Waals surface area contributed by atoms with Crippen LogP contribution in [0.1, 0.15) is 12.0 Å². The maximum atomic E-state index is 10.8. The van der Waals surface area contributed by atoms with Gasteiger partial charge in [0.1, 0.15) is 0 Å². The molecule has 1 aliphatic heterocycles. The summed E-state index contributed by atoms with van der Waals surface area (Å²) in [4.78, 5) is 12.0. The van der Waals surface area contributed by atoms with Crippen LogP contribution in [0.5, 0.6) is 0 Å². The van der Waals surface area contributed by atoms with Crippen molar-refractivity contribution < 1.29 is 14.6 Å². The maximum absolute atomic E-state index is 10.8. The maximum Gasteiger partial charge on any atom is 0.304 e. The molecule has 0 unspecified atom stereocenters. The summed E-state index contributed by atoms with van der Waals surface area (Å²) in [6.45, 7) is 1.02. The van der Waals surface area contributed by atoms with Gasteiger partial charge in [-0.25, -0.2) is 0 Å². The lowest BCUT2D eigenvalue weighted by molar-refractivity contribution is -0.145. The van der Waals surface area contributed by atoms with Crippen LogP contribution in [0.15, 0.2) is 29.2 Å². The fourth-order valence-corrected chi connectivity index (χ4v) is 2.36. The van der Waals surface area contributed by atoms with Crippen LogP contribution in [0.25, 0.3) is 0 Å². The molecule has 0 aliphatic carbocycles. The van der Waals surface area contributed by atoms with Gasteiger partial charge in [0.2, 0.25) is 0 Å². The Bertz CT molecular complexity index is 382. The number of thioether (sulfide) groups is 1. The van der Waals surface area contributed by atoms with E-state index in [1.54, 1.807) is 11.8 Å². The molecule has 0 atom stereocenters. The Hall–Kier alpha value is -1.00. The van der Waals surface area contributed by atoms with Crippen molar-refractivity contribution in [2.45, 2.75) is 16.7 Å². The van der Waals surface area contributed by atoms with Crippen LogP contribution in [0.2, 0.25) is 0 Å². The molecule has 0 spiro atoms. The highest BCUT2D eigenvalue weighted by atomic mass is 32.2. The SMILES string of the molecule is CSc1ccc(C2(CC(=O)O)COC2)cc1. The zero-order valence-corrected chi connectivity index (χ0v) is 9.92. The summed E-state index contributed by atoms with van der Waals surface area (Å²) in [5.74, 6) is -0.766. The molecule has 0 aromatic heterocycles. The van der Waals surface area contributed by atoms with Crippen molar-refractivity contribution in [2.75, 3.05) is 19.5 Å². The van der Waals surface area contributed by atoms with Gasteiger partial charge in [0, 0.05) is 4.90 Å². The van der Waals surface area contributed by atoms with E-state index in [1.165, 1.54) is 4.90 Å². The number of ether oxygens (including phenoxy) is 1. The van der Waals surface area contributed by atoms with Crippen molar-refractivity contribution in [3.05, 3.63) is 29.8 Å². The van der Waals surface area contributed by atoms with Gasteiger partial charge in [0.25, 0.3) is 0 Å². The zero-order valence-electron chi connectivity index (χ0n) is 9.10. The number of benzene rings is 1. The van der Waals surface area contributed by atoms with E-state index >= 15 is 0 Å². The summed E-state index contributed by atoms with van der Waals surface area (Å²) >= 11 is 1.68. The third kappa shape index (κ3) is 2.08. The van der Waals surface area contributed by atoms with Gasteiger partial charge < -0.3 is 9.84 Å². The van der Waals surface area contributed by atoms with Gasteiger partial charge >= 0.3 is 5.97 Å². The Labute approximate surface area is 98.8 Å². The summed E-state index contributed by atoms with van der Waals surface area (Å²) in [7, 11) is 0. The highest BCUT2D eigenvalue weighted by Crippen LogP contribution is 2.36. The molecule has 16 heavy (non-hydrogen) atoms. The van der Waals surface area contributed by atoms with Crippen LogP contribution in [-0.4, -0.2) is 30.5 Å². The number of hydrogen-bond donors (Lipinski definition) is 1. The van der Waals surface area contributed by atoms with Crippen LogP contribution in [0.3, 0.4) is 0 Å². The number of carboxylic acids is 1. The fraction of sp³-hybridized carbons (Fsp3) is 0.417. The lowest BCUT2D eigenvalue weighted by Gasteiger charge is -2.40. The van der Waals surface area contributed by atoms with Crippen molar-refractivity contribution in [1.82, 2.24) is 0 Å². The summed E-state index contributed by atoms with van der Waals surface area (Å²) in [5, 5.41) is 8.92. The Morgan fingerprint density at radius 2 is 2.06 bits per heavy atom. The average molecular weight is 238 g/mol. The second-order valence-corrected chi connectivity index (χ2v) is 4.95. The van der Waals surface area contributed by atoms with E-state index in [1.807, 2.05) is 30.5 Å². The van der Waals surface area contributed by atoms with E-state index in [2.05, 4.69) is 0 Å². The molecule has 1 aromatic carbocycles. The average Bonchev–Trinajstić information content (AvgIpc) is 2.23. The van der Waals surface area contributed by atoms with Gasteiger partial charge in [-0.3, -0.25) is 4.79 Å².